The highest BCUT2D eigenvalue weighted by molar-refractivity contribution is 7.32. The van der Waals surface area contributed by atoms with Gasteiger partial charge in [0.05, 0.1) is 5.69 Å². The van der Waals surface area contributed by atoms with Gasteiger partial charge < -0.3 is 24.0 Å². The van der Waals surface area contributed by atoms with E-state index in [1.54, 1.807) is 0 Å². The topological polar surface area (TPSA) is 140 Å². The summed E-state index contributed by atoms with van der Waals surface area (Å²) in [6, 6.07) is 1.08. The molecule has 1 aromatic heterocycles. The molecule has 0 spiro atoms. The van der Waals surface area contributed by atoms with Gasteiger partial charge in [0.2, 0.25) is 0 Å². The summed E-state index contributed by atoms with van der Waals surface area (Å²) in [7, 11) is -1.98. The second-order valence-corrected chi connectivity index (χ2v) is 5.49. The van der Waals surface area contributed by atoms with E-state index in [2.05, 4.69) is 4.98 Å². The summed E-state index contributed by atoms with van der Waals surface area (Å²) in [6.07, 6.45) is -5.25. The summed E-state index contributed by atoms with van der Waals surface area (Å²) in [5.74, 6) is 0. The van der Waals surface area contributed by atoms with Crippen LogP contribution in [0.2, 0.25) is 0 Å². The van der Waals surface area contributed by atoms with Gasteiger partial charge >= 0.3 is 13.9 Å². The van der Waals surface area contributed by atoms with Crippen molar-refractivity contribution in [2.75, 3.05) is 7.11 Å². The Morgan fingerprint density at radius 1 is 1.43 bits per heavy atom. The summed E-state index contributed by atoms with van der Waals surface area (Å²) in [5, 5.41) is 10.2. The highest BCUT2D eigenvalue weighted by Crippen LogP contribution is 2.45. The molecular formula is C10H13N2O8P. The third kappa shape index (κ3) is 2.20. The molecule has 3 N–H and O–H groups in total. The van der Waals surface area contributed by atoms with Crippen molar-refractivity contribution < 1.29 is 28.6 Å². The summed E-state index contributed by atoms with van der Waals surface area (Å²) in [4.78, 5) is 34.3. The molecule has 5 unspecified atom stereocenters. The van der Waals surface area contributed by atoms with Crippen LogP contribution >= 0.6 is 8.25 Å². The van der Waals surface area contributed by atoms with Crippen molar-refractivity contribution in [2.45, 2.75) is 30.6 Å². The fourth-order valence-corrected chi connectivity index (χ4v) is 3.31. The molecule has 1 fully saturated rings. The molecular weight excluding hydrogens is 307 g/mol. The predicted octanol–water partition coefficient (Wildman–Crippen LogP) is -1.74. The van der Waals surface area contributed by atoms with E-state index in [-0.39, 0.29) is 5.69 Å². The van der Waals surface area contributed by atoms with Gasteiger partial charge in [-0.3, -0.25) is 18.9 Å². The van der Waals surface area contributed by atoms with Crippen LogP contribution in [0.5, 0.6) is 0 Å². The number of H-pyrrole nitrogens is 1. The molecule has 2 bridgehead atoms. The molecule has 116 valence electrons. The van der Waals surface area contributed by atoms with E-state index in [1.807, 2.05) is 0 Å². The molecule has 0 aliphatic carbocycles. The summed E-state index contributed by atoms with van der Waals surface area (Å²) < 4.78 is 27.6. The SMILES string of the molecule is COC1C(O[PH](=O)O)C2OC1n1c(cc(=O)[nH]c1=O)[C@H]2O. The third-order valence-corrected chi connectivity index (χ3v) is 4.08. The summed E-state index contributed by atoms with van der Waals surface area (Å²) >= 11 is 0. The average molecular weight is 320 g/mol. The molecule has 1 saturated heterocycles. The molecule has 0 radical (unpaired) electrons. The highest BCUT2D eigenvalue weighted by atomic mass is 31.1. The van der Waals surface area contributed by atoms with Crippen molar-refractivity contribution in [3.8, 4) is 0 Å². The first-order valence-electron chi connectivity index (χ1n) is 6.05. The molecule has 1 aromatic rings. The maximum atomic E-state index is 11.9. The quantitative estimate of drug-likeness (QED) is 0.558. The van der Waals surface area contributed by atoms with E-state index in [1.165, 1.54) is 7.11 Å². The lowest BCUT2D eigenvalue weighted by molar-refractivity contribution is -0.117. The third-order valence-electron chi connectivity index (χ3n) is 3.61. The van der Waals surface area contributed by atoms with Crippen LogP contribution < -0.4 is 11.2 Å². The minimum absolute atomic E-state index is 0.0516. The van der Waals surface area contributed by atoms with Crippen LogP contribution in [-0.2, 0) is 18.6 Å². The number of aromatic amines is 1. The van der Waals surface area contributed by atoms with Crippen LogP contribution in [0.3, 0.4) is 0 Å². The molecule has 2 aliphatic rings. The number of methoxy groups -OCH3 is 1. The minimum atomic E-state index is -3.30. The Morgan fingerprint density at radius 3 is 2.76 bits per heavy atom. The van der Waals surface area contributed by atoms with Gasteiger partial charge in [-0.15, -0.1) is 0 Å². The number of fused-ring (bicyclic) bond motifs is 4. The van der Waals surface area contributed by atoms with Crippen molar-refractivity contribution in [3.05, 3.63) is 32.6 Å². The second-order valence-electron chi connectivity index (χ2n) is 4.72. The normalized spacial score (nSPS) is 35.5. The van der Waals surface area contributed by atoms with E-state index in [9.17, 15) is 19.3 Å². The van der Waals surface area contributed by atoms with Crippen molar-refractivity contribution in [1.82, 2.24) is 9.55 Å². The lowest BCUT2D eigenvalue weighted by Gasteiger charge is -2.29. The Balaban J connectivity index is 2.14. The smallest absolute Gasteiger partial charge is 0.330 e. The molecule has 10 nitrogen and oxygen atoms in total. The standard InChI is InChI=1S/C10H13N2O8P/c1-18-8-7(20-21(16)17)6-5(14)3-2-4(13)11-10(15)12(3)9(8)19-6/h2,5-9,14,21H,1H3,(H,16,17)(H,11,13,15)/t5-,6?,7?,8?,9?/m1/s1. The molecule has 0 amide bonds. The van der Waals surface area contributed by atoms with E-state index >= 15 is 0 Å². The summed E-state index contributed by atoms with van der Waals surface area (Å²) in [6.45, 7) is 0. The van der Waals surface area contributed by atoms with Crippen LogP contribution in [0.1, 0.15) is 18.0 Å². The predicted molar refractivity (Wildman–Crippen MR) is 67.1 cm³/mol. The van der Waals surface area contributed by atoms with E-state index in [0.717, 1.165) is 10.6 Å². The molecule has 21 heavy (non-hydrogen) atoms. The van der Waals surface area contributed by atoms with E-state index in [4.69, 9.17) is 18.9 Å². The first-order valence-corrected chi connectivity index (χ1v) is 7.32. The zero-order valence-corrected chi connectivity index (χ0v) is 11.8. The van der Waals surface area contributed by atoms with Crippen molar-refractivity contribution in [3.63, 3.8) is 0 Å². The van der Waals surface area contributed by atoms with E-state index in [0.29, 0.717) is 0 Å². The summed E-state index contributed by atoms with van der Waals surface area (Å²) in [5.41, 5.74) is -1.37. The van der Waals surface area contributed by atoms with Gasteiger partial charge in [-0.1, -0.05) is 0 Å². The molecule has 6 atom stereocenters. The molecule has 0 aromatic carbocycles. The number of ether oxygens (including phenoxy) is 2. The number of nitrogens with zero attached hydrogens (tertiary/aromatic N) is 1. The van der Waals surface area contributed by atoms with Crippen LogP contribution in [0.4, 0.5) is 0 Å². The maximum absolute atomic E-state index is 11.9. The largest absolute Gasteiger partial charge is 0.384 e. The lowest BCUT2D eigenvalue weighted by Crippen LogP contribution is -2.42. The van der Waals surface area contributed by atoms with Crippen LogP contribution in [0.15, 0.2) is 15.7 Å². The molecule has 2 aliphatic heterocycles. The lowest BCUT2D eigenvalue weighted by atomic mass is 10.1. The number of aliphatic hydroxyl groups is 1. The van der Waals surface area contributed by atoms with Gasteiger partial charge in [0, 0.05) is 13.2 Å². The second kappa shape index (κ2) is 5.16. The van der Waals surface area contributed by atoms with Gasteiger partial charge in [-0.05, 0) is 0 Å². The minimum Gasteiger partial charge on any atom is -0.384 e. The number of hydrogen-bond donors (Lipinski definition) is 3. The maximum Gasteiger partial charge on any atom is 0.330 e. The van der Waals surface area contributed by atoms with Crippen molar-refractivity contribution in [2.24, 2.45) is 0 Å². The van der Waals surface area contributed by atoms with Crippen molar-refractivity contribution >= 4 is 8.25 Å². The van der Waals surface area contributed by atoms with Gasteiger partial charge in [-0.2, -0.15) is 0 Å². The first-order chi connectivity index (χ1) is 9.93. The van der Waals surface area contributed by atoms with Gasteiger partial charge in [-0.25, -0.2) is 4.79 Å². The van der Waals surface area contributed by atoms with Crippen molar-refractivity contribution in [1.29, 1.82) is 0 Å². The molecule has 0 saturated carbocycles. The fourth-order valence-electron chi connectivity index (χ4n) is 2.81. The van der Waals surface area contributed by atoms with Crippen LogP contribution in [-0.4, -0.2) is 45.0 Å². The Labute approximate surface area is 117 Å². The number of aromatic nitrogens is 2. The zero-order valence-electron chi connectivity index (χ0n) is 10.8. The number of hydrogen-bond acceptors (Lipinski definition) is 7. The molecule has 11 heteroatoms. The average Bonchev–Trinajstić information content (AvgIpc) is 2.70. The highest BCUT2D eigenvalue weighted by Gasteiger charge is 2.55. The Kier molecular flexibility index (Phi) is 3.60. The van der Waals surface area contributed by atoms with Gasteiger partial charge in [0.25, 0.3) is 5.56 Å². The van der Waals surface area contributed by atoms with Crippen LogP contribution in [0, 0.1) is 0 Å². The Bertz CT molecular complexity index is 699. The first kappa shape index (κ1) is 14.6. The number of rotatable bonds is 3. The molecule has 3 heterocycles. The zero-order chi connectivity index (χ0) is 15.3. The Hall–Kier alpha value is -1.29. The molecule has 3 rings (SSSR count). The monoisotopic (exact) mass is 320 g/mol. The van der Waals surface area contributed by atoms with E-state index < -0.39 is 50.1 Å². The number of nitrogens with one attached hydrogen (secondary N) is 1. The van der Waals surface area contributed by atoms with Crippen LogP contribution in [0.25, 0.3) is 0 Å². The van der Waals surface area contributed by atoms with Gasteiger partial charge in [0.1, 0.15) is 24.4 Å². The number of aliphatic hydroxyl groups excluding tert-OH is 1. The van der Waals surface area contributed by atoms with Gasteiger partial charge in [0.15, 0.2) is 6.23 Å². The fraction of sp³-hybridized carbons (Fsp3) is 0.600. The Morgan fingerprint density at radius 2 is 2.14 bits per heavy atom.